The van der Waals surface area contributed by atoms with Crippen molar-refractivity contribution in [3.8, 4) is 0 Å². The molecule has 2 aromatic rings. The summed E-state index contributed by atoms with van der Waals surface area (Å²) in [6.07, 6.45) is 1.44. The number of nitrogens with zero attached hydrogens (tertiary/aromatic N) is 1. The molecule has 0 unspecified atom stereocenters. The van der Waals surface area contributed by atoms with Gasteiger partial charge in [-0.1, -0.05) is 0 Å². The number of hydrogen-bond donors (Lipinski definition) is 3. The lowest BCUT2D eigenvalue weighted by Crippen LogP contribution is -2.27. The van der Waals surface area contributed by atoms with E-state index < -0.39 is 17.2 Å². The molecule has 0 bridgehead atoms. The molecule has 0 aliphatic rings. The van der Waals surface area contributed by atoms with Crippen molar-refractivity contribution in [2.24, 2.45) is 0 Å². The predicted octanol–water partition coefficient (Wildman–Crippen LogP) is 0.473. The van der Waals surface area contributed by atoms with E-state index in [1.165, 1.54) is 6.20 Å². The van der Waals surface area contributed by atoms with Crippen molar-refractivity contribution in [2.75, 3.05) is 5.32 Å². The molecule has 2 heterocycles. The van der Waals surface area contributed by atoms with Crippen molar-refractivity contribution in [3.05, 3.63) is 55.5 Å². The highest BCUT2D eigenvalue weighted by molar-refractivity contribution is 9.10. The number of hydrogen-bond acceptors (Lipinski definition) is 4. The summed E-state index contributed by atoms with van der Waals surface area (Å²) in [5, 5.41) is 2.49. The Kier molecular flexibility index (Phi) is 3.38. The van der Waals surface area contributed by atoms with Crippen LogP contribution in [0.15, 0.2) is 38.6 Å². The van der Waals surface area contributed by atoms with Crippen LogP contribution < -0.4 is 16.6 Å². The van der Waals surface area contributed by atoms with Gasteiger partial charge < -0.3 is 10.3 Å². The molecular formula is C10H7BrN4O3. The molecule has 0 aliphatic heterocycles. The summed E-state index contributed by atoms with van der Waals surface area (Å²) in [7, 11) is 0. The second-order valence-corrected chi connectivity index (χ2v) is 4.14. The normalized spacial score (nSPS) is 10.1. The highest BCUT2D eigenvalue weighted by Crippen LogP contribution is 2.10. The first-order chi connectivity index (χ1) is 8.54. The molecule has 0 atom stereocenters. The number of carbonyl (C=O) groups excluding carboxylic acids is 1. The highest BCUT2D eigenvalue weighted by atomic mass is 79.9. The Morgan fingerprint density at radius 2 is 2.06 bits per heavy atom. The van der Waals surface area contributed by atoms with E-state index >= 15 is 0 Å². The number of pyridine rings is 1. The van der Waals surface area contributed by atoms with Crippen LogP contribution in [0.1, 0.15) is 10.5 Å². The van der Waals surface area contributed by atoms with Gasteiger partial charge in [0.05, 0.1) is 11.9 Å². The molecule has 7 nitrogen and oxygen atoms in total. The number of carbonyl (C=O) groups is 1. The maximum atomic E-state index is 11.7. The second-order valence-electron chi connectivity index (χ2n) is 3.33. The highest BCUT2D eigenvalue weighted by Gasteiger charge is 2.08. The fourth-order valence-electron chi connectivity index (χ4n) is 1.24. The fraction of sp³-hybridized carbons (Fsp3) is 0. The third kappa shape index (κ3) is 2.92. The van der Waals surface area contributed by atoms with Gasteiger partial charge in [-0.2, -0.15) is 0 Å². The zero-order chi connectivity index (χ0) is 13.1. The van der Waals surface area contributed by atoms with E-state index in [1.54, 1.807) is 12.1 Å². The van der Waals surface area contributed by atoms with Crippen LogP contribution in [0, 0.1) is 0 Å². The van der Waals surface area contributed by atoms with E-state index in [9.17, 15) is 14.4 Å². The summed E-state index contributed by atoms with van der Waals surface area (Å²) < 4.78 is 0.630. The summed E-state index contributed by atoms with van der Waals surface area (Å²) in [5.74, 6) is -0.595. The number of aromatic amines is 2. The van der Waals surface area contributed by atoms with Gasteiger partial charge in [-0.25, -0.2) is 9.78 Å². The zero-order valence-corrected chi connectivity index (χ0v) is 10.4. The Bertz CT molecular complexity index is 661. The first-order valence-corrected chi connectivity index (χ1v) is 5.60. The molecule has 18 heavy (non-hydrogen) atoms. The summed E-state index contributed by atoms with van der Waals surface area (Å²) in [6.45, 7) is 0. The van der Waals surface area contributed by atoms with Crippen LogP contribution in [-0.4, -0.2) is 20.9 Å². The minimum Gasteiger partial charge on any atom is -0.319 e. The van der Waals surface area contributed by atoms with Crippen molar-refractivity contribution >= 4 is 27.5 Å². The van der Waals surface area contributed by atoms with E-state index in [2.05, 4.69) is 31.2 Å². The van der Waals surface area contributed by atoms with E-state index in [-0.39, 0.29) is 5.69 Å². The molecule has 1 amide bonds. The van der Waals surface area contributed by atoms with Crippen molar-refractivity contribution < 1.29 is 4.79 Å². The van der Waals surface area contributed by atoms with Gasteiger partial charge >= 0.3 is 5.69 Å². The molecule has 0 saturated heterocycles. The minimum absolute atomic E-state index is 0.119. The summed E-state index contributed by atoms with van der Waals surface area (Å²) >= 11 is 3.16. The predicted molar refractivity (Wildman–Crippen MR) is 67.6 cm³/mol. The van der Waals surface area contributed by atoms with Gasteiger partial charge in [-0.05, 0) is 28.1 Å². The molecule has 0 spiro atoms. The first kappa shape index (κ1) is 12.2. The van der Waals surface area contributed by atoms with E-state index in [0.717, 1.165) is 6.07 Å². The average Bonchev–Trinajstić information content (AvgIpc) is 2.31. The van der Waals surface area contributed by atoms with Gasteiger partial charge in [0.15, 0.2) is 0 Å². The van der Waals surface area contributed by atoms with Crippen molar-refractivity contribution in [1.29, 1.82) is 0 Å². The van der Waals surface area contributed by atoms with Gasteiger partial charge in [0.1, 0.15) is 10.3 Å². The van der Waals surface area contributed by atoms with Crippen LogP contribution in [0.4, 0.5) is 5.69 Å². The lowest BCUT2D eigenvalue weighted by atomic mass is 10.3. The molecule has 2 aromatic heterocycles. The van der Waals surface area contributed by atoms with Crippen LogP contribution in [0.25, 0.3) is 0 Å². The molecular weight excluding hydrogens is 304 g/mol. The van der Waals surface area contributed by atoms with Crippen LogP contribution in [0.2, 0.25) is 0 Å². The van der Waals surface area contributed by atoms with Crippen LogP contribution in [0.5, 0.6) is 0 Å². The third-order valence-corrected chi connectivity index (χ3v) is 2.46. The standard InChI is InChI=1S/C10H7BrN4O3/c11-7-2-1-5(4-12-7)13-9(17)6-3-8(16)15-10(18)14-6/h1-4H,(H,13,17)(H2,14,15,16,18). The maximum absolute atomic E-state index is 11.7. The van der Waals surface area contributed by atoms with Gasteiger partial charge in [-0.15, -0.1) is 0 Å². The van der Waals surface area contributed by atoms with Crippen LogP contribution in [-0.2, 0) is 0 Å². The lowest BCUT2D eigenvalue weighted by Gasteiger charge is -2.03. The zero-order valence-electron chi connectivity index (χ0n) is 8.86. The van der Waals surface area contributed by atoms with Gasteiger partial charge in [0.25, 0.3) is 11.5 Å². The molecule has 0 aromatic carbocycles. The number of anilines is 1. The topological polar surface area (TPSA) is 108 Å². The van der Waals surface area contributed by atoms with Crippen molar-refractivity contribution in [3.63, 3.8) is 0 Å². The molecule has 0 aliphatic carbocycles. The molecule has 8 heteroatoms. The Balaban J connectivity index is 2.24. The third-order valence-electron chi connectivity index (χ3n) is 1.99. The number of amides is 1. The SMILES string of the molecule is O=C(Nc1ccc(Br)nc1)c1cc(=O)[nH]c(=O)[nH]1. The lowest BCUT2D eigenvalue weighted by molar-refractivity contribution is 0.102. The van der Waals surface area contributed by atoms with E-state index in [4.69, 9.17) is 0 Å². The second kappa shape index (κ2) is 4.96. The van der Waals surface area contributed by atoms with E-state index in [1.807, 2.05) is 4.98 Å². The average molecular weight is 311 g/mol. The monoisotopic (exact) mass is 310 g/mol. The Morgan fingerprint density at radius 1 is 1.28 bits per heavy atom. The number of aromatic nitrogens is 3. The number of rotatable bonds is 2. The Hall–Kier alpha value is -2.22. The first-order valence-electron chi connectivity index (χ1n) is 4.81. The van der Waals surface area contributed by atoms with Gasteiger partial charge in [0, 0.05) is 6.07 Å². The quantitative estimate of drug-likeness (QED) is 0.701. The van der Waals surface area contributed by atoms with Crippen LogP contribution >= 0.6 is 15.9 Å². The van der Waals surface area contributed by atoms with Crippen LogP contribution in [0.3, 0.4) is 0 Å². The Morgan fingerprint density at radius 3 is 2.67 bits per heavy atom. The summed E-state index contributed by atoms with van der Waals surface area (Å²) in [6, 6.07) is 4.28. The van der Waals surface area contributed by atoms with E-state index in [0.29, 0.717) is 10.3 Å². The fourth-order valence-corrected chi connectivity index (χ4v) is 1.47. The smallest absolute Gasteiger partial charge is 0.319 e. The molecule has 3 N–H and O–H groups in total. The van der Waals surface area contributed by atoms with Gasteiger partial charge in [0.2, 0.25) is 0 Å². The van der Waals surface area contributed by atoms with Crippen molar-refractivity contribution in [2.45, 2.75) is 0 Å². The molecule has 0 radical (unpaired) electrons. The van der Waals surface area contributed by atoms with Crippen molar-refractivity contribution in [1.82, 2.24) is 15.0 Å². The maximum Gasteiger partial charge on any atom is 0.326 e. The minimum atomic E-state index is -0.735. The number of nitrogens with one attached hydrogen (secondary N) is 3. The summed E-state index contributed by atoms with van der Waals surface area (Å²) in [5.41, 5.74) is -1.05. The van der Waals surface area contributed by atoms with Gasteiger partial charge in [-0.3, -0.25) is 14.6 Å². The summed E-state index contributed by atoms with van der Waals surface area (Å²) in [4.78, 5) is 41.9. The number of halogens is 1. The largest absolute Gasteiger partial charge is 0.326 e. The Labute approximate surface area is 108 Å². The molecule has 2 rings (SSSR count). The molecule has 0 fully saturated rings. The number of H-pyrrole nitrogens is 2. The molecule has 92 valence electrons. The molecule has 0 saturated carbocycles.